The van der Waals surface area contributed by atoms with Gasteiger partial charge in [0, 0.05) is 44.3 Å². The minimum Gasteiger partial charge on any atom is -0.493 e. The standard InChI is InChI=1S/C20H29N3O4S/c1-25-10-9-21-19(24)16-12-23(20(28)22-13-7-8-13)11-15(16)14-5-4-6-17(26-2)18(14)27-3/h4-6,13,15-16H,7-12H2,1-3H3,(H,21,24)(H,22,28)/t15-,16-/m0/s1. The molecule has 1 aromatic carbocycles. The zero-order valence-electron chi connectivity index (χ0n) is 16.7. The summed E-state index contributed by atoms with van der Waals surface area (Å²) in [6.07, 6.45) is 2.31. The summed E-state index contributed by atoms with van der Waals surface area (Å²) in [6, 6.07) is 6.27. The summed E-state index contributed by atoms with van der Waals surface area (Å²) < 4.78 is 16.1. The van der Waals surface area contributed by atoms with E-state index < -0.39 is 0 Å². The second-order valence-corrected chi connectivity index (χ2v) is 7.60. The molecular formula is C20H29N3O4S. The molecule has 1 saturated heterocycles. The van der Waals surface area contributed by atoms with Crippen molar-refractivity contribution in [3.05, 3.63) is 23.8 Å². The van der Waals surface area contributed by atoms with Crippen LogP contribution in [0.3, 0.4) is 0 Å². The minimum absolute atomic E-state index is 0.00337. The summed E-state index contributed by atoms with van der Waals surface area (Å²) in [6.45, 7) is 2.20. The molecule has 0 bridgehead atoms. The zero-order chi connectivity index (χ0) is 20.1. The molecule has 154 valence electrons. The Hall–Kier alpha value is -2.06. The molecule has 1 aliphatic carbocycles. The third-order valence-corrected chi connectivity index (χ3v) is 5.66. The summed E-state index contributed by atoms with van der Waals surface area (Å²) >= 11 is 5.60. The van der Waals surface area contributed by atoms with E-state index in [1.807, 2.05) is 18.2 Å². The number of benzene rings is 1. The lowest BCUT2D eigenvalue weighted by molar-refractivity contribution is -0.125. The van der Waals surface area contributed by atoms with Crippen molar-refractivity contribution in [2.45, 2.75) is 24.8 Å². The van der Waals surface area contributed by atoms with Crippen LogP contribution in [-0.4, -0.2) is 69.5 Å². The highest BCUT2D eigenvalue weighted by atomic mass is 32.1. The smallest absolute Gasteiger partial charge is 0.225 e. The third kappa shape index (κ3) is 4.67. The van der Waals surface area contributed by atoms with E-state index in [4.69, 9.17) is 26.4 Å². The van der Waals surface area contributed by atoms with Crippen LogP contribution in [0.1, 0.15) is 24.3 Å². The first-order valence-electron chi connectivity index (χ1n) is 9.62. The molecule has 28 heavy (non-hydrogen) atoms. The zero-order valence-corrected chi connectivity index (χ0v) is 17.5. The third-order valence-electron chi connectivity index (χ3n) is 5.29. The summed E-state index contributed by atoms with van der Waals surface area (Å²) in [5, 5.41) is 7.08. The molecule has 2 fully saturated rings. The van der Waals surface area contributed by atoms with Gasteiger partial charge >= 0.3 is 0 Å². The predicted octanol–water partition coefficient (Wildman–Crippen LogP) is 1.52. The number of nitrogens with one attached hydrogen (secondary N) is 2. The van der Waals surface area contributed by atoms with Crippen molar-refractivity contribution in [3.8, 4) is 11.5 Å². The highest BCUT2D eigenvalue weighted by molar-refractivity contribution is 7.80. The van der Waals surface area contributed by atoms with Crippen LogP contribution in [0.5, 0.6) is 11.5 Å². The lowest BCUT2D eigenvalue weighted by Gasteiger charge is -2.22. The Balaban J connectivity index is 1.84. The molecule has 0 unspecified atom stereocenters. The second-order valence-electron chi connectivity index (χ2n) is 7.21. The maximum absolute atomic E-state index is 12.9. The Morgan fingerprint density at radius 3 is 2.64 bits per heavy atom. The molecule has 0 aromatic heterocycles. The first kappa shape index (κ1) is 20.7. The number of thiocarbonyl (C=S) groups is 1. The normalized spacial score (nSPS) is 21.3. The highest BCUT2D eigenvalue weighted by Gasteiger charge is 2.41. The monoisotopic (exact) mass is 407 g/mol. The van der Waals surface area contributed by atoms with Gasteiger partial charge in [-0.25, -0.2) is 0 Å². The number of hydrogen-bond acceptors (Lipinski definition) is 5. The van der Waals surface area contributed by atoms with Crippen LogP contribution in [0.2, 0.25) is 0 Å². The van der Waals surface area contributed by atoms with E-state index in [9.17, 15) is 4.79 Å². The largest absolute Gasteiger partial charge is 0.493 e. The van der Waals surface area contributed by atoms with Gasteiger partial charge in [-0.2, -0.15) is 0 Å². The Morgan fingerprint density at radius 1 is 1.21 bits per heavy atom. The van der Waals surface area contributed by atoms with Crippen molar-refractivity contribution in [2.75, 3.05) is 47.6 Å². The molecule has 8 heteroatoms. The van der Waals surface area contributed by atoms with Crippen LogP contribution < -0.4 is 20.1 Å². The van der Waals surface area contributed by atoms with Gasteiger partial charge in [-0.3, -0.25) is 4.79 Å². The molecular weight excluding hydrogens is 378 g/mol. The van der Waals surface area contributed by atoms with Crippen LogP contribution >= 0.6 is 12.2 Å². The van der Waals surface area contributed by atoms with Crippen LogP contribution in [0, 0.1) is 5.92 Å². The number of likely N-dealkylation sites (tertiary alicyclic amines) is 1. The predicted molar refractivity (Wildman–Crippen MR) is 111 cm³/mol. The Bertz CT molecular complexity index is 711. The maximum Gasteiger partial charge on any atom is 0.225 e. The van der Waals surface area contributed by atoms with Crippen molar-refractivity contribution in [3.63, 3.8) is 0 Å². The quantitative estimate of drug-likeness (QED) is 0.500. The van der Waals surface area contributed by atoms with E-state index >= 15 is 0 Å². The fraction of sp³-hybridized carbons (Fsp3) is 0.600. The van der Waals surface area contributed by atoms with Gasteiger partial charge in [-0.05, 0) is 31.1 Å². The fourth-order valence-electron chi connectivity index (χ4n) is 3.66. The number of ether oxygens (including phenoxy) is 3. The van der Waals surface area contributed by atoms with Crippen molar-refractivity contribution in [1.82, 2.24) is 15.5 Å². The first-order chi connectivity index (χ1) is 13.6. The first-order valence-corrected chi connectivity index (χ1v) is 10.0. The van der Waals surface area contributed by atoms with Gasteiger partial charge in [0.15, 0.2) is 16.6 Å². The topological polar surface area (TPSA) is 72.1 Å². The summed E-state index contributed by atoms with van der Waals surface area (Å²) in [4.78, 5) is 15.0. The fourth-order valence-corrected chi connectivity index (χ4v) is 3.97. The maximum atomic E-state index is 12.9. The Morgan fingerprint density at radius 2 is 2.00 bits per heavy atom. The number of hydrogen-bond donors (Lipinski definition) is 2. The number of amides is 1. The average molecular weight is 408 g/mol. The summed E-state index contributed by atoms with van der Waals surface area (Å²) in [5.74, 6) is 1.05. The summed E-state index contributed by atoms with van der Waals surface area (Å²) in [5.41, 5.74) is 0.963. The van der Waals surface area contributed by atoms with Crippen molar-refractivity contribution < 1.29 is 19.0 Å². The molecule has 2 atom stereocenters. The van der Waals surface area contributed by atoms with Crippen molar-refractivity contribution in [1.29, 1.82) is 0 Å². The Kier molecular flexibility index (Phi) is 6.96. The molecule has 0 spiro atoms. The Labute approximate surface area is 171 Å². The van der Waals surface area contributed by atoms with E-state index in [0.29, 0.717) is 43.8 Å². The van der Waals surface area contributed by atoms with E-state index in [1.165, 1.54) is 0 Å². The molecule has 1 saturated carbocycles. The number of carbonyl (C=O) groups excluding carboxylic acids is 1. The van der Waals surface area contributed by atoms with E-state index in [0.717, 1.165) is 23.5 Å². The highest BCUT2D eigenvalue weighted by Crippen LogP contribution is 2.42. The molecule has 3 rings (SSSR count). The number of para-hydroxylation sites is 1. The molecule has 1 amide bonds. The summed E-state index contributed by atoms with van der Waals surface area (Å²) in [7, 11) is 4.86. The van der Waals surface area contributed by atoms with Crippen LogP contribution in [0.4, 0.5) is 0 Å². The van der Waals surface area contributed by atoms with E-state index in [2.05, 4.69) is 15.5 Å². The molecule has 1 heterocycles. The number of rotatable bonds is 8. The van der Waals surface area contributed by atoms with Gasteiger partial charge in [0.25, 0.3) is 0 Å². The molecule has 2 aliphatic rings. The molecule has 7 nitrogen and oxygen atoms in total. The molecule has 2 N–H and O–H groups in total. The van der Waals surface area contributed by atoms with Gasteiger partial charge in [0.05, 0.1) is 26.7 Å². The van der Waals surface area contributed by atoms with Gasteiger partial charge in [0.1, 0.15) is 0 Å². The number of carbonyl (C=O) groups is 1. The molecule has 1 aromatic rings. The average Bonchev–Trinajstić information content (AvgIpc) is 3.40. The van der Waals surface area contributed by atoms with Crippen LogP contribution in [0.15, 0.2) is 18.2 Å². The van der Waals surface area contributed by atoms with E-state index in [1.54, 1.807) is 21.3 Å². The van der Waals surface area contributed by atoms with Crippen LogP contribution in [-0.2, 0) is 9.53 Å². The lowest BCUT2D eigenvalue weighted by Crippen LogP contribution is -2.41. The minimum atomic E-state index is -0.239. The molecule has 1 aliphatic heterocycles. The van der Waals surface area contributed by atoms with Gasteiger partial charge in [-0.1, -0.05) is 12.1 Å². The van der Waals surface area contributed by atoms with Crippen molar-refractivity contribution in [2.24, 2.45) is 5.92 Å². The number of methoxy groups -OCH3 is 3. The van der Waals surface area contributed by atoms with Crippen molar-refractivity contribution >= 4 is 23.2 Å². The number of nitrogens with zero attached hydrogens (tertiary/aromatic N) is 1. The van der Waals surface area contributed by atoms with Gasteiger partial charge in [0.2, 0.25) is 5.91 Å². The van der Waals surface area contributed by atoms with Gasteiger partial charge < -0.3 is 29.7 Å². The molecule has 0 radical (unpaired) electrons. The lowest BCUT2D eigenvalue weighted by atomic mass is 9.87. The SMILES string of the molecule is COCCNC(=O)[C@H]1CN(C(=S)NC2CC2)C[C@H]1c1cccc(OC)c1OC. The van der Waals surface area contributed by atoms with E-state index in [-0.39, 0.29) is 17.7 Å². The second kappa shape index (κ2) is 9.43. The van der Waals surface area contributed by atoms with Crippen LogP contribution in [0.25, 0.3) is 0 Å². The van der Waals surface area contributed by atoms with Gasteiger partial charge in [-0.15, -0.1) is 0 Å².